The number of carboxylic acids is 1. The summed E-state index contributed by atoms with van der Waals surface area (Å²) in [6.45, 7) is 2.15. The molecule has 1 saturated heterocycles. The molecule has 2 unspecified atom stereocenters. The standard InChI is InChI=1S/C19H17ClFNO4/c1-10-6-12(8-13(7-10)19(24)25)18(23)22-16-4-5-26-17(16)11-2-3-14(20)15(21)9-11/h2-3,6-9,16-17H,4-5H2,1H3,(H,22,23)(H,24,25). The van der Waals surface area contributed by atoms with Crippen molar-refractivity contribution >= 4 is 23.5 Å². The third-order valence-corrected chi connectivity index (χ3v) is 4.57. The summed E-state index contributed by atoms with van der Waals surface area (Å²) in [5, 5.41) is 12.0. The van der Waals surface area contributed by atoms with E-state index >= 15 is 0 Å². The third kappa shape index (κ3) is 3.86. The van der Waals surface area contributed by atoms with E-state index in [1.165, 1.54) is 24.3 Å². The molecule has 2 aromatic carbocycles. The second-order valence-corrected chi connectivity index (χ2v) is 6.63. The SMILES string of the molecule is Cc1cc(C(=O)O)cc(C(=O)NC2CCOC2c2ccc(Cl)c(F)c2)c1. The van der Waals surface area contributed by atoms with Gasteiger partial charge in [0.1, 0.15) is 11.9 Å². The van der Waals surface area contributed by atoms with Crippen LogP contribution in [0.15, 0.2) is 36.4 Å². The number of carboxylic acid groups (broad SMARTS) is 1. The van der Waals surface area contributed by atoms with E-state index in [0.717, 1.165) is 0 Å². The minimum Gasteiger partial charge on any atom is -0.478 e. The first-order valence-corrected chi connectivity index (χ1v) is 8.45. The lowest BCUT2D eigenvalue weighted by Crippen LogP contribution is -2.37. The first-order chi connectivity index (χ1) is 12.3. The highest BCUT2D eigenvalue weighted by molar-refractivity contribution is 6.30. The molecule has 0 bridgehead atoms. The van der Waals surface area contributed by atoms with Gasteiger partial charge in [0.15, 0.2) is 0 Å². The van der Waals surface area contributed by atoms with E-state index in [0.29, 0.717) is 24.2 Å². The van der Waals surface area contributed by atoms with Gasteiger partial charge in [0.25, 0.3) is 5.91 Å². The van der Waals surface area contributed by atoms with Crippen LogP contribution in [0.4, 0.5) is 4.39 Å². The first-order valence-electron chi connectivity index (χ1n) is 8.07. The van der Waals surface area contributed by atoms with E-state index in [2.05, 4.69) is 5.32 Å². The number of carbonyl (C=O) groups excluding carboxylic acids is 1. The predicted octanol–water partition coefficient (Wildman–Crippen LogP) is 3.75. The van der Waals surface area contributed by atoms with Crippen LogP contribution in [0.5, 0.6) is 0 Å². The summed E-state index contributed by atoms with van der Waals surface area (Å²) >= 11 is 5.71. The average molecular weight is 378 g/mol. The maximum atomic E-state index is 13.7. The Morgan fingerprint density at radius 3 is 2.65 bits per heavy atom. The average Bonchev–Trinajstić information content (AvgIpc) is 3.04. The third-order valence-electron chi connectivity index (χ3n) is 4.27. The fourth-order valence-electron chi connectivity index (χ4n) is 3.04. The van der Waals surface area contributed by atoms with Crippen molar-refractivity contribution in [3.05, 3.63) is 69.5 Å². The van der Waals surface area contributed by atoms with Crippen LogP contribution in [0.3, 0.4) is 0 Å². The topological polar surface area (TPSA) is 75.6 Å². The Bertz CT molecular complexity index is 871. The Morgan fingerprint density at radius 1 is 1.23 bits per heavy atom. The lowest BCUT2D eigenvalue weighted by molar-refractivity contribution is 0.0696. The normalized spacial score (nSPS) is 19.3. The Hall–Kier alpha value is -2.44. The van der Waals surface area contributed by atoms with Gasteiger partial charge < -0.3 is 15.2 Å². The van der Waals surface area contributed by atoms with Gasteiger partial charge in [0, 0.05) is 12.2 Å². The Balaban J connectivity index is 1.80. The highest BCUT2D eigenvalue weighted by atomic mass is 35.5. The fourth-order valence-corrected chi connectivity index (χ4v) is 3.16. The molecule has 2 aromatic rings. The molecule has 1 aliphatic heterocycles. The molecule has 7 heteroatoms. The van der Waals surface area contributed by atoms with Gasteiger partial charge in [-0.15, -0.1) is 0 Å². The van der Waals surface area contributed by atoms with Crippen molar-refractivity contribution in [1.29, 1.82) is 0 Å². The number of halogens is 2. The van der Waals surface area contributed by atoms with Crippen LogP contribution in [0.2, 0.25) is 5.02 Å². The van der Waals surface area contributed by atoms with Gasteiger partial charge in [0.05, 0.1) is 16.6 Å². The monoisotopic (exact) mass is 377 g/mol. The smallest absolute Gasteiger partial charge is 0.335 e. The predicted molar refractivity (Wildman–Crippen MR) is 94.1 cm³/mol. The molecule has 0 radical (unpaired) electrons. The minimum atomic E-state index is -1.10. The zero-order valence-electron chi connectivity index (χ0n) is 14.0. The van der Waals surface area contributed by atoms with Crippen molar-refractivity contribution in [2.75, 3.05) is 6.61 Å². The van der Waals surface area contributed by atoms with E-state index in [1.807, 2.05) is 0 Å². The number of ether oxygens (including phenoxy) is 1. The van der Waals surface area contributed by atoms with E-state index in [4.69, 9.17) is 21.4 Å². The molecular weight excluding hydrogens is 361 g/mol. The molecule has 1 fully saturated rings. The molecule has 0 aromatic heterocycles. The number of carbonyl (C=O) groups is 2. The van der Waals surface area contributed by atoms with E-state index < -0.39 is 23.8 Å². The van der Waals surface area contributed by atoms with Gasteiger partial charge in [-0.1, -0.05) is 17.7 Å². The molecule has 3 rings (SSSR count). The van der Waals surface area contributed by atoms with Gasteiger partial charge in [0.2, 0.25) is 0 Å². The molecule has 0 spiro atoms. The largest absolute Gasteiger partial charge is 0.478 e. The Labute approximate surface area is 154 Å². The minimum absolute atomic E-state index is 0.0216. The van der Waals surface area contributed by atoms with E-state index in [1.54, 1.807) is 19.1 Å². The van der Waals surface area contributed by atoms with Crippen LogP contribution in [-0.2, 0) is 4.74 Å². The second kappa shape index (κ2) is 7.43. The summed E-state index contributed by atoms with van der Waals surface area (Å²) in [7, 11) is 0. The molecule has 1 aliphatic rings. The van der Waals surface area contributed by atoms with E-state index in [-0.39, 0.29) is 22.2 Å². The Morgan fingerprint density at radius 2 is 1.96 bits per heavy atom. The van der Waals surface area contributed by atoms with Crippen LogP contribution in [0.1, 0.15) is 44.4 Å². The number of benzene rings is 2. The zero-order chi connectivity index (χ0) is 18.8. The van der Waals surface area contributed by atoms with Crippen LogP contribution < -0.4 is 5.32 Å². The number of nitrogens with one attached hydrogen (secondary N) is 1. The van der Waals surface area contributed by atoms with Gasteiger partial charge in [-0.05, 0) is 54.8 Å². The highest BCUT2D eigenvalue weighted by Gasteiger charge is 2.31. The summed E-state index contributed by atoms with van der Waals surface area (Å²) in [6, 6.07) is 8.51. The second-order valence-electron chi connectivity index (χ2n) is 6.23. The molecule has 0 saturated carbocycles. The molecule has 26 heavy (non-hydrogen) atoms. The number of hydrogen-bond acceptors (Lipinski definition) is 3. The zero-order valence-corrected chi connectivity index (χ0v) is 14.7. The molecule has 2 N–H and O–H groups in total. The molecule has 0 aliphatic carbocycles. The number of hydrogen-bond donors (Lipinski definition) is 2. The highest BCUT2D eigenvalue weighted by Crippen LogP contribution is 2.31. The molecule has 136 valence electrons. The lowest BCUT2D eigenvalue weighted by Gasteiger charge is -2.20. The van der Waals surface area contributed by atoms with Crippen LogP contribution in [0.25, 0.3) is 0 Å². The number of aryl methyl sites for hydroxylation is 1. The van der Waals surface area contributed by atoms with Crippen molar-refractivity contribution in [3.8, 4) is 0 Å². The molecular formula is C19H17ClFNO4. The summed E-state index contributed by atoms with van der Waals surface area (Å²) in [5.41, 5.74) is 1.57. The van der Waals surface area contributed by atoms with E-state index in [9.17, 15) is 14.0 Å². The summed E-state index contributed by atoms with van der Waals surface area (Å²) in [5.74, 6) is -2.04. The van der Waals surface area contributed by atoms with Crippen LogP contribution in [-0.4, -0.2) is 29.6 Å². The van der Waals surface area contributed by atoms with Crippen molar-refractivity contribution in [3.63, 3.8) is 0 Å². The van der Waals surface area contributed by atoms with Gasteiger partial charge in [-0.2, -0.15) is 0 Å². The first kappa shape index (κ1) is 18.4. The van der Waals surface area contributed by atoms with Crippen molar-refractivity contribution < 1.29 is 23.8 Å². The molecule has 2 atom stereocenters. The van der Waals surface area contributed by atoms with Gasteiger partial charge in [-0.25, -0.2) is 9.18 Å². The molecule has 5 nitrogen and oxygen atoms in total. The van der Waals surface area contributed by atoms with Gasteiger partial charge in [-0.3, -0.25) is 4.79 Å². The van der Waals surface area contributed by atoms with Crippen molar-refractivity contribution in [2.45, 2.75) is 25.5 Å². The molecule has 1 heterocycles. The fraction of sp³-hybridized carbons (Fsp3) is 0.263. The van der Waals surface area contributed by atoms with Crippen LogP contribution >= 0.6 is 11.6 Å². The summed E-state index contributed by atoms with van der Waals surface area (Å²) < 4.78 is 19.4. The quantitative estimate of drug-likeness (QED) is 0.851. The Kier molecular flexibility index (Phi) is 5.25. The van der Waals surface area contributed by atoms with Crippen molar-refractivity contribution in [1.82, 2.24) is 5.32 Å². The van der Waals surface area contributed by atoms with Crippen molar-refractivity contribution in [2.24, 2.45) is 0 Å². The summed E-state index contributed by atoms with van der Waals surface area (Å²) in [6.07, 6.45) is 0.0765. The molecule has 1 amide bonds. The number of amides is 1. The number of aromatic carboxylic acids is 1. The van der Waals surface area contributed by atoms with Crippen LogP contribution in [0, 0.1) is 12.7 Å². The summed E-state index contributed by atoms with van der Waals surface area (Å²) in [4.78, 5) is 23.7. The maximum absolute atomic E-state index is 13.7. The number of rotatable bonds is 4. The lowest BCUT2D eigenvalue weighted by atomic mass is 10.0. The maximum Gasteiger partial charge on any atom is 0.335 e. The van der Waals surface area contributed by atoms with Gasteiger partial charge >= 0.3 is 5.97 Å².